The first kappa shape index (κ1) is 7.11. The molecular weight excluding hydrogens is 133 g/mol. The first-order valence-electron chi connectivity index (χ1n) is 1.40. The Labute approximate surface area is 38.2 Å². The van der Waals surface area contributed by atoms with Gasteiger partial charge in [-0.1, -0.05) is 0 Å². The van der Waals surface area contributed by atoms with Crippen molar-refractivity contribution in [2.24, 2.45) is 0 Å². The third kappa shape index (κ3) is 6.11. The summed E-state index contributed by atoms with van der Waals surface area (Å²) in [7, 11) is -6.80. The van der Waals surface area contributed by atoms with Crippen LogP contribution in [0.15, 0.2) is 0 Å². The van der Waals surface area contributed by atoms with Crippen molar-refractivity contribution in [3.05, 3.63) is 0 Å². The Morgan fingerprint density at radius 1 is 1.14 bits per heavy atom. The molecule has 0 aromatic heterocycles. The molecule has 6 heteroatoms. The van der Waals surface area contributed by atoms with Crippen molar-refractivity contribution in [3.8, 4) is 0 Å². The van der Waals surface area contributed by atoms with Gasteiger partial charge in [0.05, 0.1) is 0 Å². The molecule has 46 valence electrons. The fourth-order valence-corrected chi connectivity index (χ4v) is 0. The minimum absolute atomic E-state index is 0.526. The second-order valence-electron chi connectivity index (χ2n) is 0.945. The molecule has 0 unspecified atom stereocenters. The Morgan fingerprint density at radius 3 is 1.29 bits per heavy atom. The Balaban J connectivity index is 3.83. The van der Waals surface area contributed by atoms with Crippen LogP contribution in [0.25, 0.3) is 0 Å². The maximum absolute atomic E-state index is 10.8. The Kier molecular flexibility index (Phi) is 1.31. The second kappa shape index (κ2) is 1.29. The van der Waals surface area contributed by atoms with Crippen molar-refractivity contribution in [1.82, 2.24) is 5.09 Å². The van der Waals surface area contributed by atoms with Crippen LogP contribution in [0.4, 0.5) is 16.8 Å². The van der Waals surface area contributed by atoms with E-state index >= 15 is 0 Å². The van der Waals surface area contributed by atoms with E-state index < -0.39 is 8.00 Å². The van der Waals surface area contributed by atoms with Gasteiger partial charge in [-0.25, -0.2) is 0 Å². The van der Waals surface area contributed by atoms with E-state index in [9.17, 15) is 16.8 Å². The van der Waals surface area contributed by atoms with Crippen molar-refractivity contribution in [3.63, 3.8) is 0 Å². The van der Waals surface area contributed by atoms with Crippen molar-refractivity contribution in [2.45, 2.75) is 0 Å². The molecule has 0 saturated heterocycles. The van der Waals surface area contributed by atoms with Crippen LogP contribution < -0.4 is 5.09 Å². The van der Waals surface area contributed by atoms with Crippen molar-refractivity contribution in [1.29, 1.82) is 0 Å². The van der Waals surface area contributed by atoms with Crippen LogP contribution in [0.1, 0.15) is 0 Å². The van der Waals surface area contributed by atoms with Crippen molar-refractivity contribution >= 4 is 8.00 Å². The molecular formula is CH4F4NP. The number of halogens is 4. The molecule has 0 amide bonds. The summed E-state index contributed by atoms with van der Waals surface area (Å²) in [4.78, 5) is 0. The van der Waals surface area contributed by atoms with Gasteiger partial charge in [-0.15, -0.1) is 0 Å². The molecule has 0 saturated carbocycles. The van der Waals surface area contributed by atoms with Crippen molar-refractivity contribution in [2.75, 3.05) is 7.05 Å². The SMILES string of the molecule is CNP(F)(F)(F)F. The molecule has 1 nitrogen and oxygen atoms in total. The van der Waals surface area contributed by atoms with Crippen LogP contribution in [0.2, 0.25) is 0 Å². The Bertz CT molecular complexity index is 64.2. The first-order valence-corrected chi connectivity index (χ1v) is 3.20. The molecule has 0 bridgehead atoms. The quantitative estimate of drug-likeness (QED) is 0.431. The van der Waals surface area contributed by atoms with E-state index in [4.69, 9.17) is 0 Å². The van der Waals surface area contributed by atoms with Gasteiger partial charge < -0.3 is 0 Å². The molecule has 0 atom stereocenters. The van der Waals surface area contributed by atoms with Crippen LogP contribution in [-0.4, -0.2) is 7.05 Å². The topological polar surface area (TPSA) is 12.0 Å². The van der Waals surface area contributed by atoms with Crippen molar-refractivity contribution < 1.29 is 16.8 Å². The van der Waals surface area contributed by atoms with E-state index in [2.05, 4.69) is 0 Å². The van der Waals surface area contributed by atoms with Gasteiger partial charge in [-0.2, -0.15) is 0 Å². The third-order valence-corrected chi connectivity index (χ3v) is 1.01. The van der Waals surface area contributed by atoms with E-state index in [-0.39, 0.29) is 0 Å². The van der Waals surface area contributed by atoms with E-state index in [0.29, 0.717) is 12.1 Å². The molecule has 0 rings (SSSR count). The number of hydrogen-bond donors (Lipinski definition) is 1. The molecule has 0 aliphatic carbocycles. The van der Waals surface area contributed by atoms with E-state index in [1.54, 1.807) is 0 Å². The zero-order valence-corrected chi connectivity index (χ0v) is 4.35. The zero-order chi connectivity index (χ0) is 6.15. The monoisotopic (exact) mass is 137 g/mol. The maximum atomic E-state index is 10.8. The molecule has 0 fully saturated rings. The molecule has 0 radical (unpaired) electrons. The van der Waals surface area contributed by atoms with Gasteiger partial charge in [0.15, 0.2) is 0 Å². The average molecular weight is 137 g/mol. The molecule has 0 heterocycles. The van der Waals surface area contributed by atoms with E-state index in [1.807, 2.05) is 0 Å². The minimum atomic E-state index is -7.33. The summed E-state index contributed by atoms with van der Waals surface area (Å²) >= 11 is 0. The van der Waals surface area contributed by atoms with Gasteiger partial charge >= 0.3 is 36.9 Å². The summed E-state index contributed by atoms with van der Waals surface area (Å²) < 4.78 is 43.3. The van der Waals surface area contributed by atoms with E-state index in [0.717, 1.165) is 0 Å². The van der Waals surface area contributed by atoms with Gasteiger partial charge in [-0.3, -0.25) is 0 Å². The fraction of sp³-hybridized carbons (Fsp3) is 1.00. The van der Waals surface area contributed by atoms with E-state index in [1.165, 1.54) is 0 Å². The zero-order valence-electron chi connectivity index (χ0n) is 3.46. The molecule has 0 aromatic rings. The molecule has 0 spiro atoms. The molecule has 0 aromatic carbocycles. The fourth-order valence-electron chi connectivity index (χ4n) is 0. The predicted octanol–water partition coefficient (Wildman–Crippen LogP) is 2.21. The van der Waals surface area contributed by atoms with Gasteiger partial charge in [-0.05, 0) is 0 Å². The van der Waals surface area contributed by atoms with Crippen LogP contribution in [0.3, 0.4) is 0 Å². The van der Waals surface area contributed by atoms with Gasteiger partial charge in [0.1, 0.15) is 0 Å². The predicted molar refractivity (Wildman–Crippen MR) is 20.4 cm³/mol. The molecule has 1 N–H and O–H groups in total. The summed E-state index contributed by atoms with van der Waals surface area (Å²) in [6, 6.07) is 0. The number of hydrogen-bond acceptors (Lipinski definition) is 1. The summed E-state index contributed by atoms with van der Waals surface area (Å²) in [5, 5.41) is 0.644. The Morgan fingerprint density at radius 2 is 1.29 bits per heavy atom. The summed E-state index contributed by atoms with van der Waals surface area (Å²) in [6.07, 6.45) is 0. The van der Waals surface area contributed by atoms with Gasteiger partial charge in [0.25, 0.3) is 0 Å². The number of rotatable bonds is 1. The van der Waals surface area contributed by atoms with Crippen LogP contribution in [0, 0.1) is 0 Å². The third-order valence-electron chi connectivity index (χ3n) is 0.338. The van der Waals surface area contributed by atoms with Crippen LogP contribution in [0.5, 0.6) is 0 Å². The number of nitrogens with one attached hydrogen (secondary N) is 1. The van der Waals surface area contributed by atoms with Gasteiger partial charge in [0, 0.05) is 0 Å². The first-order chi connectivity index (χ1) is 2.81. The average Bonchev–Trinajstić information content (AvgIpc) is 1.32. The second-order valence-corrected chi connectivity index (χ2v) is 2.83. The Hall–Kier alpha value is 0.110. The standard InChI is InChI=1S/CH4F4NP/c1-6-7(2,3,4)5/h6H,1H3. The molecule has 0 aliphatic rings. The van der Waals surface area contributed by atoms with Gasteiger partial charge in [0.2, 0.25) is 0 Å². The normalized spacial score (nSPS) is 18.1. The summed E-state index contributed by atoms with van der Waals surface area (Å²) in [5.74, 6) is 0. The van der Waals surface area contributed by atoms with Crippen LogP contribution in [-0.2, 0) is 0 Å². The summed E-state index contributed by atoms with van der Waals surface area (Å²) in [6.45, 7) is 0. The van der Waals surface area contributed by atoms with Crippen LogP contribution >= 0.6 is 8.00 Å². The molecule has 0 aliphatic heterocycles. The molecule has 7 heavy (non-hydrogen) atoms. The summed E-state index contributed by atoms with van der Waals surface area (Å²) in [5.41, 5.74) is 0.